The Hall–Kier alpha value is -2.44. The summed E-state index contributed by atoms with van der Waals surface area (Å²) in [5, 5.41) is 10.0. The second-order valence-electron chi connectivity index (χ2n) is 6.87. The van der Waals surface area contributed by atoms with Gasteiger partial charge in [0.2, 0.25) is 6.79 Å². The molecule has 1 saturated heterocycles. The van der Waals surface area contributed by atoms with Gasteiger partial charge in [-0.25, -0.2) is 0 Å². The average Bonchev–Trinajstić information content (AvgIpc) is 3.33. The van der Waals surface area contributed by atoms with Gasteiger partial charge >= 0.3 is 0 Å². The highest BCUT2D eigenvalue weighted by Gasteiger charge is 2.38. The Kier molecular flexibility index (Phi) is 5.09. The van der Waals surface area contributed by atoms with Gasteiger partial charge < -0.3 is 28.8 Å². The molecular weight excluding hydrogens is 348 g/mol. The Bertz CT molecular complexity index is 805. The Labute approximate surface area is 158 Å². The molecule has 0 bridgehead atoms. The van der Waals surface area contributed by atoms with Gasteiger partial charge in [-0.15, -0.1) is 0 Å². The fraction of sp³-hybridized carbons (Fsp3) is 0.429. The van der Waals surface area contributed by atoms with Gasteiger partial charge in [0.15, 0.2) is 23.0 Å². The van der Waals surface area contributed by atoms with Crippen LogP contribution in [0.25, 0.3) is 0 Å². The van der Waals surface area contributed by atoms with E-state index >= 15 is 0 Å². The monoisotopic (exact) mass is 372 g/mol. The summed E-state index contributed by atoms with van der Waals surface area (Å²) < 4.78 is 27.6. The smallest absolute Gasteiger partial charge is 0.231 e. The van der Waals surface area contributed by atoms with Crippen molar-refractivity contribution < 1.29 is 28.8 Å². The quantitative estimate of drug-likeness (QED) is 0.841. The molecule has 2 aliphatic heterocycles. The van der Waals surface area contributed by atoms with Crippen LogP contribution in [0.1, 0.15) is 17.2 Å². The van der Waals surface area contributed by atoms with Crippen molar-refractivity contribution in [1.29, 1.82) is 0 Å². The summed E-state index contributed by atoms with van der Waals surface area (Å²) in [5.41, 5.74) is 2.14. The maximum Gasteiger partial charge on any atom is 0.231 e. The second-order valence-corrected chi connectivity index (χ2v) is 6.87. The molecule has 1 N–H and O–H groups in total. The molecule has 3 atom stereocenters. The van der Waals surface area contributed by atoms with Crippen LogP contribution in [0, 0.1) is 11.8 Å². The molecule has 6 nitrogen and oxygen atoms in total. The van der Waals surface area contributed by atoms with E-state index in [1.165, 1.54) is 0 Å². The second kappa shape index (κ2) is 7.66. The minimum absolute atomic E-state index is 0.0125. The lowest BCUT2D eigenvalue weighted by atomic mass is 9.84. The predicted octanol–water partition coefficient (Wildman–Crippen LogP) is 2.97. The third-order valence-electron chi connectivity index (χ3n) is 5.37. The van der Waals surface area contributed by atoms with Crippen LogP contribution in [0.15, 0.2) is 36.4 Å². The fourth-order valence-electron chi connectivity index (χ4n) is 3.92. The maximum atomic E-state index is 10.0. The molecule has 2 heterocycles. The van der Waals surface area contributed by atoms with Crippen LogP contribution in [-0.2, 0) is 11.2 Å². The third-order valence-corrected chi connectivity index (χ3v) is 5.37. The molecule has 0 aromatic heterocycles. The summed E-state index contributed by atoms with van der Waals surface area (Å²) in [5.74, 6) is 3.12. The van der Waals surface area contributed by atoms with Gasteiger partial charge in [0.1, 0.15) is 0 Å². The number of hydrogen-bond acceptors (Lipinski definition) is 6. The molecule has 1 fully saturated rings. The standard InChI is InChI=1S/C21H24O6/c1-23-17-5-3-13(8-19(17)24-2)7-15-11-25-21(16(15)10-22)14-4-6-18-20(9-14)27-12-26-18/h3-6,8-9,15-16,21-22H,7,10-12H2,1-2H3/t15-,16-,21+/m0/s1. The van der Waals surface area contributed by atoms with Crippen LogP contribution >= 0.6 is 0 Å². The maximum absolute atomic E-state index is 10.0. The highest BCUT2D eigenvalue weighted by atomic mass is 16.7. The Morgan fingerprint density at radius 1 is 1.00 bits per heavy atom. The molecule has 0 aliphatic carbocycles. The van der Waals surface area contributed by atoms with Crippen LogP contribution < -0.4 is 18.9 Å². The van der Waals surface area contributed by atoms with Gasteiger partial charge in [0.25, 0.3) is 0 Å². The lowest BCUT2D eigenvalue weighted by Gasteiger charge is -2.21. The number of aliphatic hydroxyl groups is 1. The number of fused-ring (bicyclic) bond motifs is 1. The van der Waals surface area contributed by atoms with Crippen molar-refractivity contribution in [2.75, 3.05) is 34.2 Å². The van der Waals surface area contributed by atoms with E-state index in [1.54, 1.807) is 14.2 Å². The predicted molar refractivity (Wildman–Crippen MR) is 98.6 cm³/mol. The first-order valence-electron chi connectivity index (χ1n) is 9.06. The lowest BCUT2D eigenvalue weighted by Crippen LogP contribution is -2.21. The van der Waals surface area contributed by atoms with Crippen molar-refractivity contribution in [3.8, 4) is 23.0 Å². The van der Waals surface area contributed by atoms with Crippen molar-refractivity contribution in [3.05, 3.63) is 47.5 Å². The zero-order chi connectivity index (χ0) is 18.8. The van der Waals surface area contributed by atoms with Crippen molar-refractivity contribution in [3.63, 3.8) is 0 Å². The van der Waals surface area contributed by atoms with Crippen LogP contribution in [0.5, 0.6) is 23.0 Å². The number of hydrogen-bond donors (Lipinski definition) is 1. The van der Waals surface area contributed by atoms with Crippen LogP contribution in [-0.4, -0.2) is 39.3 Å². The molecule has 0 saturated carbocycles. The molecule has 144 valence electrons. The molecule has 2 aromatic carbocycles. The van der Waals surface area contributed by atoms with E-state index in [4.69, 9.17) is 23.7 Å². The van der Waals surface area contributed by atoms with E-state index in [0.717, 1.165) is 29.0 Å². The molecule has 2 aromatic rings. The van der Waals surface area contributed by atoms with Gasteiger partial charge in [-0.2, -0.15) is 0 Å². The number of benzene rings is 2. The summed E-state index contributed by atoms with van der Waals surface area (Å²) >= 11 is 0. The van der Waals surface area contributed by atoms with Crippen molar-refractivity contribution >= 4 is 0 Å². The van der Waals surface area contributed by atoms with Gasteiger partial charge in [0.05, 0.1) is 26.9 Å². The SMILES string of the molecule is COc1ccc(C[C@H]2CO[C@H](c3ccc4c(c3)OCO4)[C@H]2CO)cc1OC. The van der Waals surface area contributed by atoms with E-state index in [0.29, 0.717) is 18.1 Å². The molecular formula is C21H24O6. The number of aliphatic hydroxyl groups excluding tert-OH is 1. The first kappa shape index (κ1) is 17.9. The highest BCUT2D eigenvalue weighted by Crippen LogP contribution is 2.43. The molecule has 6 heteroatoms. The van der Waals surface area contributed by atoms with E-state index in [9.17, 15) is 5.11 Å². The van der Waals surface area contributed by atoms with E-state index in [1.807, 2.05) is 36.4 Å². The Morgan fingerprint density at radius 3 is 2.59 bits per heavy atom. The summed E-state index contributed by atoms with van der Waals surface area (Å²) in [4.78, 5) is 0. The van der Waals surface area contributed by atoms with E-state index in [-0.39, 0.29) is 31.3 Å². The molecule has 27 heavy (non-hydrogen) atoms. The zero-order valence-corrected chi connectivity index (χ0v) is 15.5. The first-order valence-corrected chi connectivity index (χ1v) is 9.06. The normalized spacial score (nSPS) is 23.4. The molecule has 0 radical (unpaired) electrons. The molecule has 0 unspecified atom stereocenters. The summed E-state index contributed by atoms with van der Waals surface area (Å²) in [6, 6.07) is 11.8. The topological polar surface area (TPSA) is 66.4 Å². The molecule has 0 amide bonds. The van der Waals surface area contributed by atoms with Gasteiger partial charge in [-0.3, -0.25) is 0 Å². The molecule has 2 aliphatic rings. The third kappa shape index (κ3) is 3.42. The number of ether oxygens (including phenoxy) is 5. The van der Waals surface area contributed by atoms with E-state index < -0.39 is 0 Å². The first-order chi connectivity index (χ1) is 13.2. The zero-order valence-electron chi connectivity index (χ0n) is 15.5. The van der Waals surface area contributed by atoms with Gasteiger partial charge in [0, 0.05) is 12.5 Å². The van der Waals surface area contributed by atoms with Crippen molar-refractivity contribution in [2.24, 2.45) is 11.8 Å². The summed E-state index contributed by atoms with van der Waals surface area (Å²) in [7, 11) is 3.26. The molecule has 0 spiro atoms. The average molecular weight is 372 g/mol. The van der Waals surface area contributed by atoms with Crippen LogP contribution in [0.2, 0.25) is 0 Å². The van der Waals surface area contributed by atoms with Crippen LogP contribution in [0.3, 0.4) is 0 Å². The minimum atomic E-state index is -0.158. The Morgan fingerprint density at radius 2 is 1.81 bits per heavy atom. The summed E-state index contributed by atoms with van der Waals surface area (Å²) in [6.45, 7) is 0.908. The molecule has 4 rings (SSSR count). The number of rotatable bonds is 6. The highest BCUT2D eigenvalue weighted by molar-refractivity contribution is 5.45. The number of methoxy groups -OCH3 is 2. The van der Waals surface area contributed by atoms with E-state index in [2.05, 4.69) is 0 Å². The van der Waals surface area contributed by atoms with Crippen molar-refractivity contribution in [2.45, 2.75) is 12.5 Å². The Balaban J connectivity index is 1.52. The largest absolute Gasteiger partial charge is 0.493 e. The van der Waals surface area contributed by atoms with Gasteiger partial charge in [-0.1, -0.05) is 12.1 Å². The van der Waals surface area contributed by atoms with Crippen molar-refractivity contribution in [1.82, 2.24) is 0 Å². The van der Waals surface area contributed by atoms with Crippen LogP contribution in [0.4, 0.5) is 0 Å². The minimum Gasteiger partial charge on any atom is -0.493 e. The fourth-order valence-corrected chi connectivity index (χ4v) is 3.92. The summed E-state index contributed by atoms with van der Waals surface area (Å²) in [6.07, 6.45) is 0.641. The van der Waals surface area contributed by atoms with Gasteiger partial charge in [-0.05, 0) is 47.7 Å². The lowest BCUT2D eigenvalue weighted by molar-refractivity contribution is 0.0717.